The van der Waals surface area contributed by atoms with Crippen molar-refractivity contribution in [1.82, 2.24) is 10.3 Å². The van der Waals surface area contributed by atoms with Gasteiger partial charge in [-0.25, -0.2) is 8.78 Å². The molecule has 3 aromatic rings. The molecule has 3 N–H and O–H groups in total. The molecule has 9 heteroatoms. The van der Waals surface area contributed by atoms with Gasteiger partial charge in [0.05, 0.1) is 6.61 Å². The molecule has 6 nitrogen and oxygen atoms in total. The molecule has 0 bridgehead atoms. The number of benzene rings is 2. The van der Waals surface area contributed by atoms with Gasteiger partial charge in [0.2, 0.25) is 0 Å². The molecule has 168 valence electrons. The van der Waals surface area contributed by atoms with Gasteiger partial charge in [0.1, 0.15) is 23.3 Å². The van der Waals surface area contributed by atoms with E-state index in [1.807, 2.05) is 0 Å². The summed E-state index contributed by atoms with van der Waals surface area (Å²) in [7, 11) is 0. The van der Waals surface area contributed by atoms with Crippen LogP contribution in [0.1, 0.15) is 27.2 Å². The maximum Gasteiger partial charge on any atom is 0.270 e. The fourth-order valence-electron chi connectivity index (χ4n) is 3.34. The molecular weight excluding hydrogens is 442 g/mol. The van der Waals surface area contributed by atoms with Crippen molar-refractivity contribution in [1.29, 1.82) is 0 Å². The van der Waals surface area contributed by atoms with Gasteiger partial charge in [0, 0.05) is 35.0 Å². The number of nitrogens with one attached hydrogen (secondary N) is 2. The Morgan fingerprint density at radius 1 is 1.22 bits per heavy atom. The maximum atomic E-state index is 14.1. The number of aliphatic hydroxyl groups excluding tert-OH is 1. The van der Waals surface area contributed by atoms with Crippen LogP contribution in [0.3, 0.4) is 0 Å². The van der Waals surface area contributed by atoms with Crippen molar-refractivity contribution < 1.29 is 23.4 Å². The molecule has 0 spiro atoms. The smallest absolute Gasteiger partial charge is 0.270 e. The Morgan fingerprint density at radius 3 is 2.66 bits per heavy atom. The summed E-state index contributed by atoms with van der Waals surface area (Å²) in [4.78, 5) is 27.4. The minimum atomic E-state index is -0.789. The summed E-state index contributed by atoms with van der Waals surface area (Å²) in [5, 5.41) is 11.3. The number of pyridine rings is 1. The van der Waals surface area contributed by atoms with Gasteiger partial charge < -0.3 is 20.1 Å². The van der Waals surface area contributed by atoms with E-state index in [1.165, 1.54) is 6.07 Å². The number of aromatic amines is 1. The Kier molecular flexibility index (Phi) is 7.27. The molecule has 0 saturated heterocycles. The van der Waals surface area contributed by atoms with Crippen LogP contribution in [0.2, 0.25) is 5.02 Å². The zero-order chi connectivity index (χ0) is 23.4. The van der Waals surface area contributed by atoms with E-state index in [1.54, 1.807) is 32.0 Å². The van der Waals surface area contributed by atoms with E-state index in [9.17, 15) is 18.4 Å². The molecule has 0 unspecified atom stereocenters. The molecule has 1 heterocycles. The standard InChI is InChI=1S/C23H21ClF2N2O4/c1-12-16(4-3-5-17(12)22(30)27-8-9-29)19-13(2)28-23(31)20(24)21(19)32-11-14-6-7-15(25)10-18(14)26/h3-7,10,29H,8-9,11H2,1-2H3,(H,27,30)(H,28,31). The minimum absolute atomic E-state index is 0.0210. The molecule has 0 atom stereocenters. The minimum Gasteiger partial charge on any atom is -0.486 e. The number of aromatic nitrogens is 1. The van der Waals surface area contributed by atoms with Gasteiger partial charge in [-0.1, -0.05) is 23.7 Å². The Labute approximate surface area is 187 Å². The first kappa shape index (κ1) is 23.4. The molecule has 2 aromatic carbocycles. The summed E-state index contributed by atoms with van der Waals surface area (Å²) in [5.41, 5.74) is 1.90. The van der Waals surface area contributed by atoms with Crippen LogP contribution in [0.25, 0.3) is 11.1 Å². The van der Waals surface area contributed by atoms with Gasteiger partial charge >= 0.3 is 0 Å². The van der Waals surface area contributed by atoms with Gasteiger partial charge in [0.15, 0.2) is 5.75 Å². The highest BCUT2D eigenvalue weighted by molar-refractivity contribution is 6.32. The number of hydrogen-bond acceptors (Lipinski definition) is 4. The van der Waals surface area contributed by atoms with Gasteiger partial charge in [-0.15, -0.1) is 0 Å². The lowest BCUT2D eigenvalue weighted by molar-refractivity contribution is 0.0944. The van der Waals surface area contributed by atoms with Crippen LogP contribution in [0.15, 0.2) is 41.2 Å². The van der Waals surface area contributed by atoms with Crippen molar-refractivity contribution in [3.8, 4) is 16.9 Å². The summed E-state index contributed by atoms with van der Waals surface area (Å²) in [6.45, 7) is 2.99. The lowest BCUT2D eigenvalue weighted by Crippen LogP contribution is -2.27. The number of ether oxygens (including phenoxy) is 1. The van der Waals surface area contributed by atoms with Crippen LogP contribution in [-0.4, -0.2) is 29.1 Å². The average Bonchev–Trinajstić information content (AvgIpc) is 2.75. The molecular formula is C23H21ClF2N2O4. The summed E-state index contributed by atoms with van der Waals surface area (Å²) < 4.78 is 33.0. The third-order valence-corrected chi connectivity index (χ3v) is 5.28. The number of aryl methyl sites for hydroxylation is 1. The van der Waals surface area contributed by atoms with Gasteiger partial charge in [-0.3, -0.25) is 9.59 Å². The number of hydrogen-bond donors (Lipinski definition) is 3. The number of rotatable bonds is 7. The SMILES string of the molecule is Cc1[nH]c(=O)c(Cl)c(OCc2ccc(F)cc2F)c1-c1cccc(C(=O)NCCO)c1C. The average molecular weight is 463 g/mol. The second-order valence-corrected chi connectivity index (χ2v) is 7.46. The summed E-state index contributed by atoms with van der Waals surface area (Å²) >= 11 is 6.25. The Morgan fingerprint density at radius 2 is 1.97 bits per heavy atom. The molecule has 0 radical (unpaired) electrons. The van der Waals surface area contributed by atoms with Crippen LogP contribution in [-0.2, 0) is 6.61 Å². The molecule has 1 amide bonds. The third kappa shape index (κ3) is 4.81. The van der Waals surface area contributed by atoms with Crippen LogP contribution < -0.4 is 15.6 Å². The van der Waals surface area contributed by atoms with Crippen LogP contribution in [0.4, 0.5) is 8.78 Å². The number of halogens is 3. The topological polar surface area (TPSA) is 91.4 Å². The first-order chi connectivity index (χ1) is 15.2. The molecule has 0 fully saturated rings. The number of H-pyrrole nitrogens is 1. The molecule has 0 aliphatic carbocycles. The predicted octanol–water partition coefficient (Wildman–Crippen LogP) is 3.89. The van der Waals surface area contributed by atoms with Crippen molar-refractivity contribution in [2.75, 3.05) is 13.2 Å². The van der Waals surface area contributed by atoms with E-state index >= 15 is 0 Å². The van der Waals surface area contributed by atoms with E-state index < -0.39 is 17.2 Å². The molecule has 3 rings (SSSR count). The third-order valence-electron chi connectivity index (χ3n) is 4.93. The molecule has 1 aromatic heterocycles. The summed E-state index contributed by atoms with van der Waals surface area (Å²) in [6.07, 6.45) is 0. The zero-order valence-electron chi connectivity index (χ0n) is 17.4. The largest absolute Gasteiger partial charge is 0.486 e. The number of carbonyl (C=O) groups is 1. The van der Waals surface area contributed by atoms with E-state index in [2.05, 4.69) is 10.3 Å². The highest BCUT2D eigenvalue weighted by atomic mass is 35.5. The van der Waals surface area contributed by atoms with Gasteiger partial charge in [-0.05, 0) is 43.2 Å². The second-order valence-electron chi connectivity index (χ2n) is 7.08. The number of aliphatic hydroxyl groups is 1. The van der Waals surface area contributed by atoms with Gasteiger partial charge in [-0.2, -0.15) is 0 Å². The van der Waals surface area contributed by atoms with Crippen molar-refractivity contribution >= 4 is 17.5 Å². The van der Waals surface area contributed by atoms with E-state index in [4.69, 9.17) is 21.4 Å². The first-order valence-electron chi connectivity index (χ1n) is 9.72. The predicted molar refractivity (Wildman–Crippen MR) is 117 cm³/mol. The van der Waals surface area contributed by atoms with Crippen molar-refractivity contribution in [3.05, 3.63) is 85.8 Å². The Balaban J connectivity index is 2.08. The fourth-order valence-corrected chi connectivity index (χ4v) is 3.53. The Hall–Kier alpha value is -3.23. The first-order valence-corrected chi connectivity index (χ1v) is 10.1. The normalized spacial score (nSPS) is 10.8. The van der Waals surface area contributed by atoms with Crippen LogP contribution in [0, 0.1) is 25.5 Å². The highest BCUT2D eigenvalue weighted by Crippen LogP contribution is 2.39. The van der Waals surface area contributed by atoms with E-state index in [-0.39, 0.29) is 42.0 Å². The molecule has 0 saturated carbocycles. The van der Waals surface area contributed by atoms with E-state index in [0.717, 1.165) is 12.1 Å². The zero-order valence-corrected chi connectivity index (χ0v) is 18.1. The van der Waals surface area contributed by atoms with Crippen LogP contribution in [0.5, 0.6) is 5.75 Å². The Bertz CT molecular complexity index is 1230. The monoisotopic (exact) mass is 462 g/mol. The lowest BCUT2D eigenvalue weighted by atomic mass is 9.94. The van der Waals surface area contributed by atoms with Crippen molar-refractivity contribution in [3.63, 3.8) is 0 Å². The fraction of sp³-hybridized carbons (Fsp3) is 0.217. The molecule has 32 heavy (non-hydrogen) atoms. The molecule has 0 aliphatic heterocycles. The second kappa shape index (κ2) is 9.93. The summed E-state index contributed by atoms with van der Waals surface area (Å²) in [5.74, 6) is -1.86. The molecule has 0 aliphatic rings. The highest BCUT2D eigenvalue weighted by Gasteiger charge is 2.22. The van der Waals surface area contributed by atoms with E-state index in [0.29, 0.717) is 27.9 Å². The van der Waals surface area contributed by atoms with Gasteiger partial charge in [0.25, 0.3) is 11.5 Å². The maximum absolute atomic E-state index is 14.1. The lowest BCUT2D eigenvalue weighted by Gasteiger charge is -2.18. The number of amides is 1. The van der Waals surface area contributed by atoms with Crippen LogP contribution >= 0.6 is 11.6 Å². The quantitative estimate of drug-likeness (QED) is 0.496. The number of carbonyl (C=O) groups excluding carboxylic acids is 1. The summed E-state index contributed by atoms with van der Waals surface area (Å²) in [6, 6.07) is 8.12. The van der Waals surface area contributed by atoms with Crippen molar-refractivity contribution in [2.45, 2.75) is 20.5 Å². The van der Waals surface area contributed by atoms with Crippen molar-refractivity contribution in [2.24, 2.45) is 0 Å².